The Kier molecular flexibility index (Phi) is 5.49. The van der Waals surface area contributed by atoms with E-state index in [1.807, 2.05) is 50.2 Å². The summed E-state index contributed by atoms with van der Waals surface area (Å²) in [5.74, 6) is -0.969. The number of aromatic hydroxyl groups is 1. The number of carbonyl (C=O) groups excluding carboxylic acids is 1. The Morgan fingerprint density at radius 2 is 1.59 bits per heavy atom. The van der Waals surface area contributed by atoms with Gasteiger partial charge in [-0.15, -0.1) is 0 Å². The predicted octanol–water partition coefficient (Wildman–Crippen LogP) is 3.37. The molecule has 0 aliphatic carbocycles. The van der Waals surface area contributed by atoms with Crippen molar-refractivity contribution in [3.05, 3.63) is 107 Å². The van der Waals surface area contributed by atoms with Crippen molar-refractivity contribution in [3.8, 4) is 11.7 Å². The lowest BCUT2D eigenvalue weighted by Gasteiger charge is -2.42. The third-order valence-corrected chi connectivity index (χ3v) is 6.32. The molecule has 0 bridgehead atoms. The standard InChI is InChI=1S/C26H25N5O3/c1-17(2)30-15-20(21(18-9-5-3-6-10-18)19-11-7-4-8-12-19)31-22(25(30)34)23(32)24(33)28-26(31)29-14-13-27-16-29/h3-14,16-17,20-21,32H,15H2,1-2H3/t20-/m1/s1. The van der Waals surface area contributed by atoms with Crippen LogP contribution >= 0.6 is 0 Å². The molecule has 1 atom stereocenters. The summed E-state index contributed by atoms with van der Waals surface area (Å²) in [6, 6.07) is 19.6. The van der Waals surface area contributed by atoms with E-state index in [1.54, 1.807) is 26.4 Å². The molecule has 1 N–H and O–H groups in total. The molecule has 4 aromatic rings. The van der Waals surface area contributed by atoms with Crippen molar-refractivity contribution < 1.29 is 9.90 Å². The summed E-state index contributed by atoms with van der Waals surface area (Å²) in [4.78, 5) is 36.2. The Labute approximate surface area is 196 Å². The fraction of sp³-hybridized carbons (Fsp3) is 0.231. The molecular formula is C26H25N5O3. The van der Waals surface area contributed by atoms with Crippen molar-refractivity contribution in [1.82, 2.24) is 24.0 Å². The van der Waals surface area contributed by atoms with E-state index < -0.39 is 17.2 Å². The molecule has 34 heavy (non-hydrogen) atoms. The molecule has 1 aliphatic heterocycles. The maximum Gasteiger partial charge on any atom is 0.317 e. The van der Waals surface area contributed by atoms with Gasteiger partial charge in [-0.3, -0.25) is 18.7 Å². The van der Waals surface area contributed by atoms with Crippen molar-refractivity contribution in [1.29, 1.82) is 0 Å². The number of imidazole rings is 1. The molecule has 3 heterocycles. The van der Waals surface area contributed by atoms with Crippen LogP contribution in [0.1, 0.15) is 47.4 Å². The molecule has 5 rings (SSSR count). The molecular weight excluding hydrogens is 430 g/mol. The van der Waals surface area contributed by atoms with Crippen molar-refractivity contribution in [2.24, 2.45) is 0 Å². The number of nitrogens with zero attached hydrogens (tertiary/aromatic N) is 5. The second kappa shape index (κ2) is 8.62. The molecule has 1 aliphatic rings. The highest BCUT2D eigenvalue weighted by Gasteiger charge is 2.41. The third kappa shape index (κ3) is 3.57. The minimum absolute atomic E-state index is 0.0505. The van der Waals surface area contributed by atoms with Gasteiger partial charge >= 0.3 is 5.56 Å². The zero-order valence-electron chi connectivity index (χ0n) is 18.9. The van der Waals surface area contributed by atoms with E-state index in [0.717, 1.165) is 11.1 Å². The number of hydrogen-bond acceptors (Lipinski definition) is 5. The van der Waals surface area contributed by atoms with Gasteiger partial charge in [-0.05, 0) is 25.0 Å². The first-order chi connectivity index (χ1) is 16.5. The fourth-order valence-electron chi connectivity index (χ4n) is 4.75. The molecule has 8 heteroatoms. The lowest BCUT2D eigenvalue weighted by Crippen LogP contribution is -2.50. The van der Waals surface area contributed by atoms with E-state index in [9.17, 15) is 14.7 Å². The van der Waals surface area contributed by atoms with Crippen molar-refractivity contribution in [3.63, 3.8) is 0 Å². The first kappa shape index (κ1) is 21.6. The molecule has 8 nitrogen and oxygen atoms in total. The van der Waals surface area contributed by atoms with Crippen molar-refractivity contribution in [2.75, 3.05) is 6.54 Å². The van der Waals surface area contributed by atoms with Gasteiger partial charge in [-0.25, -0.2) is 4.98 Å². The Morgan fingerprint density at radius 1 is 0.971 bits per heavy atom. The largest absolute Gasteiger partial charge is 0.501 e. The summed E-state index contributed by atoms with van der Waals surface area (Å²) in [6.07, 6.45) is 4.78. The van der Waals surface area contributed by atoms with Crippen LogP contribution in [0.25, 0.3) is 5.95 Å². The van der Waals surface area contributed by atoms with E-state index in [0.29, 0.717) is 6.54 Å². The number of benzene rings is 2. The van der Waals surface area contributed by atoms with Crippen LogP contribution in [0.5, 0.6) is 5.75 Å². The van der Waals surface area contributed by atoms with Crippen LogP contribution in [0.2, 0.25) is 0 Å². The van der Waals surface area contributed by atoms with Crippen LogP contribution in [-0.2, 0) is 0 Å². The van der Waals surface area contributed by atoms with Crippen molar-refractivity contribution in [2.45, 2.75) is 31.8 Å². The summed E-state index contributed by atoms with van der Waals surface area (Å²) in [5.41, 5.74) is 1.21. The number of carbonyl (C=O) groups is 1. The molecule has 2 aromatic heterocycles. The first-order valence-electron chi connectivity index (χ1n) is 11.2. The highest BCUT2D eigenvalue weighted by Crippen LogP contribution is 2.41. The van der Waals surface area contributed by atoms with Crippen LogP contribution in [0.15, 0.2) is 84.2 Å². The SMILES string of the molecule is CC(C)N1C[C@H](C(c2ccccc2)c2ccccc2)n2c(-n3ccnc3)nc(=O)c(O)c2C1=O. The number of rotatable bonds is 5. The second-order valence-electron chi connectivity index (χ2n) is 8.67. The highest BCUT2D eigenvalue weighted by molar-refractivity contribution is 5.96. The molecule has 172 valence electrons. The van der Waals surface area contributed by atoms with Gasteiger partial charge in [0.1, 0.15) is 6.33 Å². The molecule has 0 fully saturated rings. The summed E-state index contributed by atoms with van der Waals surface area (Å²) in [7, 11) is 0. The van der Waals surface area contributed by atoms with Gasteiger partial charge in [0, 0.05) is 30.9 Å². The number of fused-ring (bicyclic) bond motifs is 1. The number of amides is 1. The molecule has 0 spiro atoms. The van der Waals surface area contributed by atoms with Gasteiger partial charge in [-0.1, -0.05) is 60.7 Å². The van der Waals surface area contributed by atoms with Crippen LogP contribution in [0, 0.1) is 0 Å². The quantitative estimate of drug-likeness (QED) is 0.498. The van der Waals surface area contributed by atoms with Gasteiger partial charge in [0.15, 0.2) is 5.69 Å². The van der Waals surface area contributed by atoms with Gasteiger partial charge in [-0.2, -0.15) is 4.98 Å². The Balaban J connectivity index is 1.84. The molecule has 2 aromatic carbocycles. The zero-order chi connectivity index (χ0) is 23.8. The lowest BCUT2D eigenvalue weighted by atomic mass is 9.83. The maximum atomic E-state index is 13.5. The first-order valence-corrected chi connectivity index (χ1v) is 11.2. The predicted molar refractivity (Wildman–Crippen MR) is 127 cm³/mol. The van der Waals surface area contributed by atoms with Crippen LogP contribution < -0.4 is 5.56 Å². The molecule has 0 unspecified atom stereocenters. The van der Waals surface area contributed by atoms with Gasteiger partial charge in [0.2, 0.25) is 11.7 Å². The lowest BCUT2D eigenvalue weighted by molar-refractivity contribution is 0.0585. The van der Waals surface area contributed by atoms with E-state index in [-0.39, 0.29) is 29.6 Å². The Morgan fingerprint density at radius 3 is 2.12 bits per heavy atom. The smallest absolute Gasteiger partial charge is 0.317 e. The summed E-state index contributed by atoms with van der Waals surface area (Å²) in [5, 5.41) is 10.8. The van der Waals surface area contributed by atoms with Crippen LogP contribution in [0.4, 0.5) is 0 Å². The topological polar surface area (TPSA) is 93.2 Å². The third-order valence-electron chi connectivity index (χ3n) is 6.32. The normalized spacial score (nSPS) is 15.7. The number of hydrogen-bond donors (Lipinski definition) is 1. The minimum atomic E-state index is -0.844. The molecule has 1 amide bonds. The summed E-state index contributed by atoms with van der Waals surface area (Å²) >= 11 is 0. The highest BCUT2D eigenvalue weighted by atomic mass is 16.3. The molecule has 0 radical (unpaired) electrons. The minimum Gasteiger partial charge on any atom is -0.501 e. The van der Waals surface area contributed by atoms with Crippen molar-refractivity contribution >= 4 is 5.91 Å². The Bertz CT molecular complexity index is 1330. The fourth-order valence-corrected chi connectivity index (χ4v) is 4.75. The monoisotopic (exact) mass is 455 g/mol. The summed E-state index contributed by atoms with van der Waals surface area (Å²) < 4.78 is 3.31. The zero-order valence-corrected chi connectivity index (χ0v) is 18.9. The van der Waals surface area contributed by atoms with E-state index in [1.165, 1.54) is 6.33 Å². The van der Waals surface area contributed by atoms with Gasteiger partial charge in [0.25, 0.3) is 5.91 Å². The van der Waals surface area contributed by atoms with E-state index in [4.69, 9.17) is 0 Å². The van der Waals surface area contributed by atoms with Crippen LogP contribution in [-0.4, -0.2) is 47.6 Å². The maximum absolute atomic E-state index is 13.5. The van der Waals surface area contributed by atoms with E-state index in [2.05, 4.69) is 34.2 Å². The van der Waals surface area contributed by atoms with Gasteiger partial charge < -0.3 is 10.0 Å². The number of aromatic nitrogens is 4. The Hall–Kier alpha value is -4.20. The molecule has 0 saturated carbocycles. The average Bonchev–Trinajstić information content (AvgIpc) is 3.38. The summed E-state index contributed by atoms with van der Waals surface area (Å²) in [6.45, 7) is 4.24. The average molecular weight is 456 g/mol. The molecule has 0 saturated heterocycles. The van der Waals surface area contributed by atoms with Crippen LogP contribution in [0.3, 0.4) is 0 Å². The van der Waals surface area contributed by atoms with Gasteiger partial charge in [0.05, 0.1) is 6.04 Å². The second-order valence-corrected chi connectivity index (χ2v) is 8.67. The van der Waals surface area contributed by atoms with E-state index >= 15 is 0 Å².